The SMILES string of the molecule is CC(N)c1nc(CC(=O)NCCc2nccs2)cs1. The molecule has 2 aromatic rings. The summed E-state index contributed by atoms with van der Waals surface area (Å²) in [6, 6.07) is -0.0771. The number of rotatable bonds is 6. The van der Waals surface area contributed by atoms with Crippen LogP contribution in [-0.4, -0.2) is 22.4 Å². The van der Waals surface area contributed by atoms with Crippen LogP contribution < -0.4 is 11.1 Å². The minimum absolute atomic E-state index is 0.0157. The molecule has 1 atom stereocenters. The van der Waals surface area contributed by atoms with Crippen LogP contribution >= 0.6 is 22.7 Å². The maximum Gasteiger partial charge on any atom is 0.226 e. The van der Waals surface area contributed by atoms with Gasteiger partial charge in [-0.1, -0.05) is 0 Å². The Morgan fingerprint density at radius 1 is 1.53 bits per heavy atom. The smallest absolute Gasteiger partial charge is 0.226 e. The van der Waals surface area contributed by atoms with Crippen molar-refractivity contribution in [3.63, 3.8) is 0 Å². The van der Waals surface area contributed by atoms with Crippen LogP contribution in [0.4, 0.5) is 0 Å². The molecule has 0 saturated heterocycles. The summed E-state index contributed by atoms with van der Waals surface area (Å²) in [6.07, 6.45) is 2.85. The number of amides is 1. The largest absolute Gasteiger partial charge is 0.355 e. The van der Waals surface area contributed by atoms with Crippen LogP contribution in [0.2, 0.25) is 0 Å². The first-order chi connectivity index (χ1) is 9.15. The molecule has 0 radical (unpaired) electrons. The van der Waals surface area contributed by atoms with Gasteiger partial charge in [0, 0.05) is 29.9 Å². The highest BCUT2D eigenvalue weighted by atomic mass is 32.1. The fraction of sp³-hybridized carbons (Fsp3) is 0.417. The van der Waals surface area contributed by atoms with Crippen molar-refractivity contribution in [3.05, 3.63) is 32.7 Å². The summed E-state index contributed by atoms with van der Waals surface area (Å²) in [4.78, 5) is 20.2. The summed E-state index contributed by atoms with van der Waals surface area (Å²) in [7, 11) is 0. The van der Waals surface area contributed by atoms with E-state index in [0.29, 0.717) is 13.0 Å². The van der Waals surface area contributed by atoms with Gasteiger partial charge in [-0.05, 0) is 6.92 Å². The average molecular weight is 296 g/mol. The molecule has 3 N–H and O–H groups in total. The van der Waals surface area contributed by atoms with E-state index in [4.69, 9.17) is 5.73 Å². The molecule has 1 unspecified atom stereocenters. The highest BCUT2D eigenvalue weighted by molar-refractivity contribution is 7.09. The van der Waals surface area contributed by atoms with E-state index in [9.17, 15) is 4.79 Å². The second-order valence-corrected chi connectivity index (χ2v) is 6.04. The van der Waals surface area contributed by atoms with Crippen molar-refractivity contribution in [2.75, 3.05) is 6.54 Å². The van der Waals surface area contributed by atoms with Crippen LogP contribution in [0, 0.1) is 0 Å². The number of nitrogens with zero attached hydrogens (tertiary/aromatic N) is 2. The van der Waals surface area contributed by atoms with E-state index in [1.165, 1.54) is 11.3 Å². The van der Waals surface area contributed by atoms with Gasteiger partial charge in [0.1, 0.15) is 5.01 Å². The first-order valence-corrected chi connectivity index (χ1v) is 7.76. The minimum atomic E-state index is -0.0771. The van der Waals surface area contributed by atoms with Gasteiger partial charge in [-0.25, -0.2) is 9.97 Å². The number of hydrogen-bond donors (Lipinski definition) is 2. The minimum Gasteiger partial charge on any atom is -0.355 e. The van der Waals surface area contributed by atoms with E-state index < -0.39 is 0 Å². The quantitative estimate of drug-likeness (QED) is 0.847. The van der Waals surface area contributed by atoms with Gasteiger partial charge >= 0.3 is 0 Å². The van der Waals surface area contributed by atoms with Crippen molar-refractivity contribution in [3.8, 4) is 0 Å². The van der Waals surface area contributed by atoms with E-state index in [1.54, 1.807) is 17.5 Å². The maximum atomic E-state index is 11.7. The zero-order valence-corrected chi connectivity index (χ0v) is 12.3. The number of carbonyl (C=O) groups is 1. The van der Waals surface area contributed by atoms with Gasteiger partial charge in [0.05, 0.1) is 23.2 Å². The van der Waals surface area contributed by atoms with E-state index in [2.05, 4.69) is 15.3 Å². The molecule has 0 aliphatic rings. The Bertz CT molecular complexity index is 522. The van der Waals surface area contributed by atoms with Gasteiger partial charge in [-0.2, -0.15) is 0 Å². The van der Waals surface area contributed by atoms with Gasteiger partial charge < -0.3 is 11.1 Å². The average Bonchev–Trinajstić information content (AvgIpc) is 3.00. The van der Waals surface area contributed by atoms with Crippen LogP contribution in [0.15, 0.2) is 17.0 Å². The Kier molecular flexibility index (Phi) is 5.00. The summed E-state index contributed by atoms with van der Waals surface area (Å²) < 4.78 is 0. The Labute approximate surface area is 119 Å². The summed E-state index contributed by atoms with van der Waals surface area (Å²) in [6.45, 7) is 2.49. The molecule has 0 aliphatic carbocycles. The van der Waals surface area contributed by atoms with E-state index in [0.717, 1.165) is 22.1 Å². The Hall–Kier alpha value is -1.31. The van der Waals surface area contributed by atoms with Gasteiger partial charge in [-0.15, -0.1) is 22.7 Å². The number of nitrogens with two attached hydrogens (primary N) is 1. The van der Waals surface area contributed by atoms with Gasteiger partial charge in [-0.3, -0.25) is 4.79 Å². The number of thiazole rings is 2. The Morgan fingerprint density at radius 3 is 3.00 bits per heavy atom. The van der Waals surface area contributed by atoms with Crippen LogP contribution in [0.5, 0.6) is 0 Å². The lowest BCUT2D eigenvalue weighted by Crippen LogP contribution is -2.27. The molecule has 0 fully saturated rings. The molecule has 0 spiro atoms. The molecule has 0 aliphatic heterocycles. The third-order valence-corrected chi connectivity index (χ3v) is 4.38. The second kappa shape index (κ2) is 6.74. The monoisotopic (exact) mass is 296 g/mol. The van der Waals surface area contributed by atoms with Crippen molar-refractivity contribution >= 4 is 28.6 Å². The van der Waals surface area contributed by atoms with Crippen LogP contribution in [0.25, 0.3) is 0 Å². The number of nitrogens with one attached hydrogen (secondary N) is 1. The fourth-order valence-electron chi connectivity index (χ4n) is 1.53. The van der Waals surface area contributed by atoms with Crippen molar-refractivity contribution < 1.29 is 4.79 Å². The number of hydrogen-bond acceptors (Lipinski definition) is 6. The summed E-state index contributed by atoms with van der Waals surface area (Å²) >= 11 is 3.10. The third-order valence-electron chi connectivity index (χ3n) is 2.45. The fourth-order valence-corrected chi connectivity index (χ4v) is 2.92. The van der Waals surface area contributed by atoms with Crippen molar-refractivity contribution in [2.24, 2.45) is 5.73 Å². The lowest BCUT2D eigenvalue weighted by atomic mass is 10.3. The molecule has 1 amide bonds. The lowest BCUT2D eigenvalue weighted by Gasteiger charge is -2.02. The maximum absolute atomic E-state index is 11.7. The normalized spacial score (nSPS) is 12.3. The van der Waals surface area contributed by atoms with E-state index >= 15 is 0 Å². The third kappa shape index (κ3) is 4.38. The van der Waals surface area contributed by atoms with Crippen molar-refractivity contribution in [1.29, 1.82) is 0 Å². The standard InChI is InChI=1S/C12H16N4OS2/c1-8(13)12-16-9(7-19-12)6-10(17)14-3-2-11-15-4-5-18-11/h4-5,7-8H,2-3,6,13H2,1H3,(H,14,17). The zero-order valence-electron chi connectivity index (χ0n) is 10.6. The molecule has 2 aromatic heterocycles. The van der Waals surface area contributed by atoms with E-state index in [-0.39, 0.29) is 11.9 Å². The summed E-state index contributed by atoms with van der Waals surface area (Å²) in [5, 5.41) is 8.59. The first-order valence-electron chi connectivity index (χ1n) is 6.00. The lowest BCUT2D eigenvalue weighted by molar-refractivity contribution is -0.120. The molecule has 0 saturated carbocycles. The molecule has 5 nitrogen and oxygen atoms in total. The first kappa shape index (κ1) is 14.1. The predicted octanol–water partition coefficient (Wildman–Crippen LogP) is 1.52. The number of aromatic nitrogens is 2. The summed E-state index contributed by atoms with van der Waals surface area (Å²) in [5.41, 5.74) is 6.52. The number of carbonyl (C=O) groups excluding carboxylic acids is 1. The van der Waals surface area contributed by atoms with Gasteiger partial charge in [0.25, 0.3) is 0 Å². The molecule has 0 aromatic carbocycles. The van der Waals surface area contributed by atoms with Gasteiger partial charge in [0.2, 0.25) is 5.91 Å². The summed E-state index contributed by atoms with van der Waals surface area (Å²) in [5.74, 6) is -0.0157. The van der Waals surface area contributed by atoms with Crippen molar-refractivity contribution in [2.45, 2.75) is 25.8 Å². The van der Waals surface area contributed by atoms with Crippen LogP contribution in [0.1, 0.15) is 28.7 Å². The zero-order chi connectivity index (χ0) is 13.7. The highest BCUT2D eigenvalue weighted by Gasteiger charge is 2.09. The second-order valence-electron chi connectivity index (χ2n) is 4.17. The molecule has 2 heterocycles. The predicted molar refractivity (Wildman–Crippen MR) is 77.2 cm³/mol. The molecule has 7 heteroatoms. The topological polar surface area (TPSA) is 80.9 Å². The Balaban J connectivity index is 1.74. The van der Waals surface area contributed by atoms with E-state index in [1.807, 2.05) is 17.7 Å². The molecule has 2 rings (SSSR count). The molecular weight excluding hydrogens is 280 g/mol. The highest BCUT2D eigenvalue weighted by Crippen LogP contribution is 2.16. The molecule has 19 heavy (non-hydrogen) atoms. The Morgan fingerprint density at radius 2 is 2.37 bits per heavy atom. The van der Waals surface area contributed by atoms with Crippen LogP contribution in [0.3, 0.4) is 0 Å². The van der Waals surface area contributed by atoms with Gasteiger partial charge in [0.15, 0.2) is 0 Å². The van der Waals surface area contributed by atoms with Crippen LogP contribution in [-0.2, 0) is 17.6 Å². The molecule has 0 bridgehead atoms. The molecule has 102 valence electrons. The molecular formula is C12H16N4OS2. The van der Waals surface area contributed by atoms with Crippen molar-refractivity contribution in [1.82, 2.24) is 15.3 Å².